The fraction of sp³-hybridized carbons (Fsp3) is 0.951. The van der Waals surface area contributed by atoms with Crippen LogP contribution in [0.1, 0.15) is 232 Å². The van der Waals surface area contributed by atoms with E-state index in [4.69, 9.17) is 10.8 Å². The average Bonchev–Trinajstić information content (AvgIpc) is 3.05. The maximum atomic E-state index is 13.0. The van der Waals surface area contributed by atoms with Gasteiger partial charge in [0.1, 0.15) is 0 Å². The number of aliphatic carboxylic acids is 1. The van der Waals surface area contributed by atoms with Crippen molar-refractivity contribution in [2.45, 2.75) is 238 Å². The van der Waals surface area contributed by atoms with Crippen molar-refractivity contribution in [1.29, 1.82) is 0 Å². The molecule has 47 heavy (non-hydrogen) atoms. The summed E-state index contributed by atoms with van der Waals surface area (Å²) in [5.74, 6) is -0.937. The molecule has 0 spiro atoms. The summed E-state index contributed by atoms with van der Waals surface area (Å²) in [5.41, 5.74) is 6.13. The molecule has 0 aliphatic heterocycles. The van der Waals surface area contributed by atoms with Crippen molar-refractivity contribution in [3.8, 4) is 0 Å². The first-order valence-electron chi connectivity index (χ1n) is 20.8. The molecule has 0 saturated heterocycles. The van der Waals surface area contributed by atoms with E-state index in [2.05, 4.69) is 13.8 Å². The third-order valence-electron chi connectivity index (χ3n) is 9.86. The second-order valence-electron chi connectivity index (χ2n) is 14.5. The highest BCUT2D eigenvalue weighted by atomic mass is 79.9. The quantitative estimate of drug-likeness (QED) is 0.0619. The molecule has 6 heteroatoms. The maximum Gasteiger partial charge on any atom is 0.303 e. The minimum atomic E-state index is -0.884. The van der Waals surface area contributed by atoms with Gasteiger partial charge in [-0.25, -0.2) is 0 Å². The second-order valence-corrected chi connectivity index (χ2v) is 14.5. The number of unbranched alkanes of at least 4 members (excludes halogenated alkanes) is 30. The average molecular weight is 732 g/mol. The molecule has 0 unspecified atom stereocenters. The molecular formula is C41H83BrN2O3. The normalized spacial score (nSPS) is 11.8. The number of carbonyl (C=O) groups excluding carboxylic acids is 1. The summed E-state index contributed by atoms with van der Waals surface area (Å²) in [6, 6.07) is -0.696. The van der Waals surface area contributed by atoms with Crippen LogP contribution < -0.4 is 5.73 Å². The Morgan fingerprint density at radius 3 is 0.936 bits per heavy atom. The number of nitrogens with zero attached hydrogens (tertiary/aromatic N) is 1. The summed E-state index contributed by atoms with van der Waals surface area (Å²) in [4.78, 5) is 26.0. The van der Waals surface area contributed by atoms with Crippen molar-refractivity contribution >= 4 is 28.9 Å². The Morgan fingerprint density at radius 2 is 0.702 bits per heavy atom. The van der Waals surface area contributed by atoms with E-state index in [-0.39, 0.29) is 35.7 Å². The zero-order chi connectivity index (χ0) is 33.8. The van der Waals surface area contributed by atoms with Crippen LogP contribution in [0.2, 0.25) is 0 Å². The predicted octanol–water partition coefficient (Wildman–Crippen LogP) is 13.1. The molecule has 0 aromatic heterocycles. The summed E-state index contributed by atoms with van der Waals surface area (Å²) in [7, 11) is 0. The number of carboxylic acids is 1. The van der Waals surface area contributed by atoms with Gasteiger partial charge >= 0.3 is 5.97 Å². The Morgan fingerprint density at radius 1 is 0.468 bits per heavy atom. The van der Waals surface area contributed by atoms with Crippen LogP contribution in [0.15, 0.2) is 0 Å². The summed E-state index contributed by atoms with van der Waals surface area (Å²) >= 11 is 0. The molecule has 0 saturated carbocycles. The molecule has 0 aliphatic rings. The van der Waals surface area contributed by atoms with Crippen molar-refractivity contribution < 1.29 is 14.7 Å². The van der Waals surface area contributed by atoms with E-state index in [0.29, 0.717) is 0 Å². The monoisotopic (exact) mass is 731 g/mol. The van der Waals surface area contributed by atoms with Crippen LogP contribution in [-0.4, -0.2) is 41.0 Å². The van der Waals surface area contributed by atoms with Gasteiger partial charge in [-0.3, -0.25) is 9.59 Å². The lowest BCUT2D eigenvalue weighted by molar-refractivity contribution is -0.137. The highest BCUT2D eigenvalue weighted by Gasteiger charge is 2.21. The molecule has 5 nitrogen and oxygen atoms in total. The first-order chi connectivity index (χ1) is 22.5. The lowest BCUT2D eigenvalue weighted by Gasteiger charge is -2.26. The predicted molar refractivity (Wildman–Crippen MR) is 211 cm³/mol. The summed E-state index contributed by atoms with van der Waals surface area (Å²) in [6.07, 6.45) is 43.1. The molecule has 282 valence electrons. The highest BCUT2D eigenvalue weighted by Crippen LogP contribution is 2.16. The van der Waals surface area contributed by atoms with Gasteiger partial charge < -0.3 is 15.7 Å². The number of carboxylic acid groups (broad SMARTS) is 1. The molecular weight excluding hydrogens is 648 g/mol. The second kappa shape index (κ2) is 39.8. The SMILES string of the molecule is Br.CCCCCCCCCCCCCCCCCCN(CCCCCCCCCCCCCCCCCC)C(=O)[C@@H](N)CCC(=O)O. The zero-order valence-corrected chi connectivity index (χ0v) is 33.4. The van der Waals surface area contributed by atoms with Crippen molar-refractivity contribution in [1.82, 2.24) is 4.90 Å². The van der Waals surface area contributed by atoms with Gasteiger partial charge in [0.15, 0.2) is 0 Å². The summed E-state index contributed by atoms with van der Waals surface area (Å²) in [6.45, 7) is 6.09. The number of hydrogen-bond donors (Lipinski definition) is 2. The molecule has 1 atom stereocenters. The largest absolute Gasteiger partial charge is 0.481 e. The molecule has 0 aliphatic carbocycles. The van der Waals surface area contributed by atoms with E-state index in [1.54, 1.807) is 0 Å². The number of hydrogen-bond acceptors (Lipinski definition) is 3. The van der Waals surface area contributed by atoms with Gasteiger partial charge in [0.05, 0.1) is 6.04 Å². The van der Waals surface area contributed by atoms with Crippen molar-refractivity contribution in [3.05, 3.63) is 0 Å². The van der Waals surface area contributed by atoms with Crippen LogP contribution in [-0.2, 0) is 9.59 Å². The Kier molecular flexibility index (Phi) is 41.1. The Balaban J connectivity index is 0. The molecule has 0 aromatic carbocycles. The van der Waals surface area contributed by atoms with Crippen LogP contribution in [0.5, 0.6) is 0 Å². The maximum absolute atomic E-state index is 13.0. The standard InChI is InChI=1S/C41H82N2O3.BrH/c1-3-5-7-9-11-13-15-17-19-21-23-25-27-29-31-33-37-43(41(46)39(42)35-36-40(44)45)38-34-32-30-28-26-24-22-20-18-16-14-12-10-8-6-4-2;/h39H,3-38,42H2,1-2H3,(H,44,45);1H/t39-;/m0./s1. The minimum Gasteiger partial charge on any atom is -0.481 e. The summed E-state index contributed by atoms with van der Waals surface area (Å²) < 4.78 is 0. The Hall–Kier alpha value is -0.620. The van der Waals surface area contributed by atoms with Crippen molar-refractivity contribution in [2.24, 2.45) is 5.73 Å². The highest BCUT2D eigenvalue weighted by molar-refractivity contribution is 8.93. The Bertz CT molecular complexity index is 612. The molecule has 0 radical (unpaired) electrons. The molecule has 0 fully saturated rings. The number of amides is 1. The van der Waals surface area contributed by atoms with Crippen molar-refractivity contribution in [2.75, 3.05) is 13.1 Å². The van der Waals surface area contributed by atoms with E-state index < -0.39 is 12.0 Å². The van der Waals surface area contributed by atoms with Crippen LogP contribution in [0.3, 0.4) is 0 Å². The smallest absolute Gasteiger partial charge is 0.303 e. The first kappa shape index (κ1) is 48.5. The number of rotatable bonds is 38. The third-order valence-corrected chi connectivity index (χ3v) is 9.86. The van der Waals surface area contributed by atoms with Crippen LogP contribution >= 0.6 is 17.0 Å². The van der Waals surface area contributed by atoms with E-state index in [9.17, 15) is 9.59 Å². The number of halogens is 1. The summed E-state index contributed by atoms with van der Waals surface area (Å²) in [5, 5.41) is 9.02. The lowest BCUT2D eigenvalue weighted by atomic mass is 10.0. The van der Waals surface area contributed by atoms with Gasteiger partial charge in [0, 0.05) is 19.5 Å². The van der Waals surface area contributed by atoms with Gasteiger partial charge in [-0.05, 0) is 19.3 Å². The van der Waals surface area contributed by atoms with E-state index in [1.807, 2.05) is 4.90 Å². The first-order valence-corrected chi connectivity index (χ1v) is 20.8. The van der Waals surface area contributed by atoms with E-state index in [0.717, 1.165) is 38.8 Å². The zero-order valence-electron chi connectivity index (χ0n) is 31.7. The molecule has 0 rings (SSSR count). The molecule has 0 heterocycles. The molecule has 0 bridgehead atoms. The lowest BCUT2D eigenvalue weighted by Crippen LogP contribution is -2.44. The van der Waals surface area contributed by atoms with Crippen molar-refractivity contribution in [3.63, 3.8) is 0 Å². The van der Waals surface area contributed by atoms with Gasteiger partial charge in [0.2, 0.25) is 5.91 Å². The van der Waals surface area contributed by atoms with Gasteiger partial charge in [-0.2, -0.15) is 0 Å². The van der Waals surface area contributed by atoms with E-state index >= 15 is 0 Å². The topological polar surface area (TPSA) is 83.6 Å². The van der Waals surface area contributed by atoms with Crippen LogP contribution in [0.4, 0.5) is 0 Å². The van der Waals surface area contributed by atoms with Gasteiger partial charge in [0.25, 0.3) is 0 Å². The fourth-order valence-corrected chi connectivity index (χ4v) is 6.67. The minimum absolute atomic E-state index is 0. The molecule has 1 amide bonds. The molecule has 3 N–H and O–H groups in total. The fourth-order valence-electron chi connectivity index (χ4n) is 6.67. The number of carbonyl (C=O) groups is 2. The van der Waals surface area contributed by atoms with Gasteiger partial charge in [-0.1, -0.05) is 206 Å². The van der Waals surface area contributed by atoms with Crippen LogP contribution in [0.25, 0.3) is 0 Å². The number of nitrogens with two attached hydrogens (primary N) is 1. The van der Waals surface area contributed by atoms with Gasteiger partial charge in [-0.15, -0.1) is 17.0 Å². The van der Waals surface area contributed by atoms with Crippen LogP contribution in [0, 0.1) is 0 Å². The third kappa shape index (κ3) is 36.5. The van der Waals surface area contributed by atoms with E-state index in [1.165, 1.54) is 180 Å². The Labute approximate surface area is 304 Å². The molecule has 0 aromatic rings.